The van der Waals surface area contributed by atoms with Gasteiger partial charge in [0, 0.05) is 18.5 Å². The highest BCUT2D eigenvalue weighted by Gasteiger charge is 2.03. The SMILES string of the molecule is OCCCc1cccc(-c2cccc(/C=C/c3cccc(/C=C/c4ccccn4)c3)n2)n1. The molecule has 0 bridgehead atoms. The minimum atomic E-state index is 0.171. The van der Waals surface area contributed by atoms with E-state index in [1.165, 1.54) is 0 Å². The van der Waals surface area contributed by atoms with Gasteiger partial charge in [0.25, 0.3) is 0 Å². The van der Waals surface area contributed by atoms with Crippen molar-refractivity contribution in [1.82, 2.24) is 15.0 Å². The molecular weight excluding hydrogens is 394 g/mol. The zero-order valence-corrected chi connectivity index (χ0v) is 17.8. The van der Waals surface area contributed by atoms with Crippen LogP contribution in [0, 0.1) is 0 Å². The Morgan fingerprint density at radius 3 is 2.09 bits per heavy atom. The zero-order valence-electron chi connectivity index (χ0n) is 17.8. The first-order chi connectivity index (χ1) is 15.8. The lowest BCUT2D eigenvalue weighted by atomic mass is 10.1. The Hall–Kier alpha value is -3.89. The molecule has 4 nitrogen and oxygen atoms in total. The summed E-state index contributed by atoms with van der Waals surface area (Å²) in [6.45, 7) is 0.171. The molecule has 0 aliphatic rings. The Labute approximate surface area is 188 Å². The van der Waals surface area contributed by atoms with Crippen molar-refractivity contribution in [3.8, 4) is 11.4 Å². The molecule has 0 saturated heterocycles. The van der Waals surface area contributed by atoms with Crippen molar-refractivity contribution in [2.45, 2.75) is 12.8 Å². The number of benzene rings is 1. The van der Waals surface area contributed by atoms with Gasteiger partial charge in [0.1, 0.15) is 0 Å². The van der Waals surface area contributed by atoms with E-state index in [-0.39, 0.29) is 6.61 Å². The van der Waals surface area contributed by atoms with Gasteiger partial charge in [0.2, 0.25) is 0 Å². The van der Waals surface area contributed by atoms with Crippen molar-refractivity contribution in [3.05, 3.63) is 113 Å². The smallest absolute Gasteiger partial charge is 0.0893 e. The van der Waals surface area contributed by atoms with E-state index in [0.717, 1.165) is 46.0 Å². The highest BCUT2D eigenvalue weighted by Crippen LogP contribution is 2.18. The largest absolute Gasteiger partial charge is 0.396 e. The topological polar surface area (TPSA) is 58.9 Å². The number of hydrogen-bond acceptors (Lipinski definition) is 4. The molecule has 4 aromatic rings. The summed E-state index contributed by atoms with van der Waals surface area (Å²) in [5.41, 5.74) is 6.67. The van der Waals surface area contributed by atoms with Gasteiger partial charge in [-0.2, -0.15) is 0 Å². The minimum absolute atomic E-state index is 0.171. The Balaban J connectivity index is 1.49. The number of hydrogen-bond donors (Lipinski definition) is 1. The van der Waals surface area contributed by atoms with Crippen molar-refractivity contribution in [1.29, 1.82) is 0 Å². The molecule has 4 rings (SSSR count). The van der Waals surface area contributed by atoms with Gasteiger partial charge in [-0.25, -0.2) is 4.98 Å². The van der Waals surface area contributed by atoms with Crippen LogP contribution in [-0.2, 0) is 6.42 Å². The Morgan fingerprint density at radius 1 is 0.656 bits per heavy atom. The molecule has 3 aromatic heterocycles. The highest BCUT2D eigenvalue weighted by atomic mass is 16.2. The average molecular weight is 420 g/mol. The van der Waals surface area contributed by atoms with Crippen LogP contribution in [0.4, 0.5) is 0 Å². The molecule has 0 fully saturated rings. The maximum absolute atomic E-state index is 9.05. The lowest BCUT2D eigenvalue weighted by Crippen LogP contribution is -1.96. The number of nitrogens with zero attached hydrogens (tertiary/aromatic N) is 3. The van der Waals surface area contributed by atoms with Gasteiger partial charge in [0.05, 0.1) is 22.8 Å². The van der Waals surface area contributed by atoms with E-state index in [9.17, 15) is 0 Å². The van der Waals surface area contributed by atoms with Crippen LogP contribution >= 0.6 is 0 Å². The second-order valence-corrected chi connectivity index (χ2v) is 7.38. The molecule has 0 spiro atoms. The summed E-state index contributed by atoms with van der Waals surface area (Å²) in [6, 6.07) is 26.1. The molecule has 0 amide bonds. The van der Waals surface area contributed by atoms with Crippen molar-refractivity contribution in [2.24, 2.45) is 0 Å². The van der Waals surface area contributed by atoms with Gasteiger partial charge in [-0.1, -0.05) is 48.6 Å². The summed E-state index contributed by atoms with van der Waals surface area (Å²) >= 11 is 0. The minimum Gasteiger partial charge on any atom is -0.396 e. The molecule has 0 unspecified atom stereocenters. The molecule has 1 aromatic carbocycles. The molecule has 0 saturated carbocycles. The van der Waals surface area contributed by atoms with Crippen LogP contribution in [0.3, 0.4) is 0 Å². The standard InChI is InChI=1S/C28H25N3O/c32-20-6-12-25-10-4-13-27(30-25)28-14-5-11-26(31-28)18-16-23-8-3-7-22(21-23)15-17-24-9-1-2-19-29-24/h1-5,7-11,13-19,21,32H,6,12,20H2/b17-15+,18-16+. The second kappa shape index (κ2) is 10.9. The zero-order chi connectivity index (χ0) is 22.0. The van der Waals surface area contributed by atoms with Crippen LogP contribution in [0.25, 0.3) is 35.7 Å². The van der Waals surface area contributed by atoms with Gasteiger partial charge >= 0.3 is 0 Å². The fraction of sp³-hybridized carbons (Fsp3) is 0.107. The second-order valence-electron chi connectivity index (χ2n) is 7.38. The third-order valence-corrected chi connectivity index (χ3v) is 4.92. The molecule has 32 heavy (non-hydrogen) atoms. The normalized spacial score (nSPS) is 11.4. The van der Waals surface area contributed by atoms with Crippen molar-refractivity contribution >= 4 is 24.3 Å². The molecule has 0 radical (unpaired) electrons. The Kier molecular flexibility index (Phi) is 7.29. The van der Waals surface area contributed by atoms with Gasteiger partial charge in [-0.05, 0) is 78.6 Å². The van der Waals surface area contributed by atoms with Gasteiger partial charge in [-0.15, -0.1) is 0 Å². The fourth-order valence-electron chi connectivity index (χ4n) is 3.31. The number of aromatic nitrogens is 3. The van der Waals surface area contributed by atoms with Crippen LogP contribution in [0.1, 0.15) is 34.6 Å². The first kappa shape index (κ1) is 21.3. The van der Waals surface area contributed by atoms with Gasteiger partial charge in [-0.3, -0.25) is 9.97 Å². The van der Waals surface area contributed by atoms with Gasteiger partial charge < -0.3 is 5.11 Å². The predicted molar refractivity (Wildman–Crippen MR) is 131 cm³/mol. The third kappa shape index (κ3) is 6.06. The van der Waals surface area contributed by atoms with E-state index in [1.807, 2.05) is 72.8 Å². The molecule has 158 valence electrons. The fourth-order valence-corrected chi connectivity index (χ4v) is 3.31. The quantitative estimate of drug-likeness (QED) is 0.392. The van der Waals surface area contributed by atoms with E-state index in [1.54, 1.807) is 6.20 Å². The lowest BCUT2D eigenvalue weighted by molar-refractivity contribution is 0.288. The number of rotatable bonds is 8. The lowest BCUT2D eigenvalue weighted by Gasteiger charge is -2.05. The van der Waals surface area contributed by atoms with E-state index in [0.29, 0.717) is 6.42 Å². The summed E-state index contributed by atoms with van der Waals surface area (Å²) in [6.07, 6.45) is 11.4. The molecule has 1 N–H and O–H groups in total. The molecule has 0 atom stereocenters. The summed E-state index contributed by atoms with van der Waals surface area (Å²) in [5, 5.41) is 9.05. The number of pyridine rings is 3. The molecule has 4 heteroatoms. The first-order valence-corrected chi connectivity index (χ1v) is 10.7. The van der Waals surface area contributed by atoms with E-state index in [2.05, 4.69) is 40.3 Å². The maximum Gasteiger partial charge on any atom is 0.0893 e. The summed E-state index contributed by atoms with van der Waals surface area (Å²) in [4.78, 5) is 13.8. The molecule has 0 aliphatic heterocycles. The van der Waals surface area contributed by atoms with Gasteiger partial charge in [0.15, 0.2) is 0 Å². The number of aliphatic hydroxyl groups excluding tert-OH is 1. The Morgan fingerprint density at radius 2 is 1.34 bits per heavy atom. The molecule has 3 heterocycles. The van der Waals surface area contributed by atoms with Crippen LogP contribution < -0.4 is 0 Å². The summed E-state index contributed by atoms with van der Waals surface area (Å²) in [7, 11) is 0. The van der Waals surface area contributed by atoms with Crippen molar-refractivity contribution in [2.75, 3.05) is 6.61 Å². The summed E-state index contributed by atoms with van der Waals surface area (Å²) < 4.78 is 0. The van der Waals surface area contributed by atoms with Crippen LogP contribution in [0.2, 0.25) is 0 Å². The highest BCUT2D eigenvalue weighted by molar-refractivity contribution is 5.73. The van der Waals surface area contributed by atoms with Crippen molar-refractivity contribution in [3.63, 3.8) is 0 Å². The van der Waals surface area contributed by atoms with E-state index < -0.39 is 0 Å². The predicted octanol–water partition coefficient (Wildman–Crippen LogP) is 5.80. The third-order valence-electron chi connectivity index (χ3n) is 4.92. The van der Waals surface area contributed by atoms with Crippen molar-refractivity contribution < 1.29 is 5.11 Å². The average Bonchev–Trinajstić information content (AvgIpc) is 2.86. The van der Waals surface area contributed by atoms with Crippen LogP contribution in [-0.4, -0.2) is 26.7 Å². The van der Waals surface area contributed by atoms with E-state index >= 15 is 0 Å². The maximum atomic E-state index is 9.05. The van der Waals surface area contributed by atoms with Crippen LogP contribution in [0.15, 0.2) is 85.1 Å². The molecule has 0 aliphatic carbocycles. The summed E-state index contributed by atoms with van der Waals surface area (Å²) in [5.74, 6) is 0. The first-order valence-electron chi connectivity index (χ1n) is 10.7. The Bertz CT molecular complexity index is 1220. The van der Waals surface area contributed by atoms with E-state index in [4.69, 9.17) is 10.1 Å². The monoisotopic (exact) mass is 419 g/mol. The van der Waals surface area contributed by atoms with Crippen LogP contribution in [0.5, 0.6) is 0 Å². The molecular formula is C28H25N3O. The number of aliphatic hydroxyl groups is 1. The number of aryl methyl sites for hydroxylation is 1.